The maximum absolute atomic E-state index is 12.7. The number of anilines is 1. The Balaban J connectivity index is 2.15. The van der Waals surface area contributed by atoms with Gasteiger partial charge in [0.05, 0.1) is 0 Å². The van der Waals surface area contributed by atoms with Gasteiger partial charge in [-0.15, -0.1) is 0 Å². The standard InChI is InChI=1S/C16H18FN/c1-14-7-9-16(10-8-14)18(12-11-17)13-15-5-3-2-4-6-15/h2-10H,11-13H2,1H3. The van der Waals surface area contributed by atoms with Gasteiger partial charge in [0.1, 0.15) is 6.67 Å². The van der Waals surface area contributed by atoms with Crippen LogP contribution < -0.4 is 4.90 Å². The molecule has 0 bridgehead atoms. The first-order chi connectivity index (χ1) is 8.79. The highest BCUT2D eigenvalue weighted by molar-refractivity contribution is 5.48. The molecule has 0 saturated carbocycles. The molecule has 94 valence electrons. The third kappa shape index (κ3) is 3.33. The summed E-state index contributed by atoms with van der Waals surface area (Å²) in [4.78, 5) is 2.06. The largest absolute Gasteiger partial charge is 0.365 e. The van der Waals surface area contributed by atoms with Gasteiger partial charge in [-0.1, -0.05) is 48.0 Å². The third-order valence-corrected chi connectivity index (χ3v) is 2.97. The van der Waals surface area contributed by atoms with Crippen molar-refractivity contribution in [2.45, 2.75) is 13.5 Å². The predicted molar refractivity (Wildman–Crippen MR) is 74.6 cm³/mol. The van der Waals surface area contributed by atoms with Crippen molar-refractivity contribution in [1.82, 2.24) is 0 Å². The van der Waals surface area contributed by atoms with Crippen LogP contribution in [-0.2, 0) is 6.54 Å². The first-order valence-corrected chi connectivity index (χ1v) is 6.21. The van der Waals surface area contributed by atoms with Crippen LogP contribution >= 0.6 is 0 Å². The third-order valence-electron chi connectivity index (χ3n) is 2.97. The molecule has 18 heavy (non-hydrogen) atoms. The molecular weight excluding hydrogens is 225 g/mol. The summed E-state index contributed by atoms with van der Waals surface area (Å²) in [5, 5.41) is 0. The molecule has 1 nitrogen and oxygen atoms in total. The maximum atomic E-state index is 12.7. The summed E-state index contributed by atoms with van der Waals surface area (Å²) in [6.45, 7) is 2.90. The van der Waals surface area contributed by atoms with Crippen LogP contribution in [-0.4, -0.2) is 13.2 Å². The predicted octanol–water partition coefficient (Wildman–Crippen LogP) is 3.97. The zero-order valence-electron chi connectivity index (χ0n) is 10.6. The minimum absolute atomic E-state index is 0.333. The summed E-state index contributed by atoms with van der Waals surface area (Å²) in [6, 6.07) is 18.4. The lowest BCUT2D eigenvalue weighted by Gasteiger charge is -2.23. The normalized spacial score (nSPS) is 10.3. The number of rotatable bonds is 5. The van der Waals surface area contributed by atoms with Crippen molar-refractivity contribution in [3.05, 3.63) is 65.7 Å². The van der Waals surface area contributed by atoms with Crippen LogP contribution in [0.3, 0.4) is 0 Å². The molecule has 0 aliphatic carbocycles. The van der Waals surface area contributed by atoms with E-state index in [9.17, 15) is 4.39 Å². The van der Waals surface area contributed by atoms with Crippen molar-refractivity contribution >= 4 is 5.69 Å². The molecule has 2 aromatic rings. The van der Waals surface area contributed by atoms with E-state index >= 15 is 0 Å². The zero-order valence-corrected chi connectivity index (χ0v) is 10.6. The van der Waals surface area contributed by atoms with Gasteiger partial charge < -0.3 is 4.90 Å². The Morgan fingerprint density at radius 2 is 1.61 bits per heavy atom. The summed E-state index contributed by atoms with van der Waals surface area (Å²) in [5.41, 5.74) is 3.49. The van der Waals surface area contributed by atoms with E-state index in [-0.39, 0.29) is 6.67 Å². The van der Waals surface area contributed by atoms with E-state index in [1.165, 1.54) is 11.1 Å². The second-order valence-electron chi connectivity index (χ2n) is 4.43. The van der Waals surface area contributed by atoms with Crippen molar-refractivity contribution in [3.63, 3.8) is 0 Å². The van der Waals surface area contributed by atoms with Crippen molar-refractivity contribution < 1.29 is 4.39 Å². The minimum atomic E-state index is -0.333. The van der Waals surface area contributed by atoms with Crippen LogP contribution in [0.15, 0.2) is 54.6 Å². The number of benzene rings is 2. The summed E-state index contributed by atoms with van der Waals surface area (Å²) < 4.78 is 12.7. The lowest BCUT2D eigenvalue weighted by atomic mass is 10.1. The molecular formula is C16H18FN. The fourth-order valence-electron chi connectivity index (χ4n) is 1.96. The fraction of sp³-hybridized carbons (Fsp3) is 0.250. The highest BCUT2D eigenvalue weighted by atomic mass is 19.1. The highest BCUT2D eigenvalue weighted by Gasteiger charge is 2.06. The molecule has 2 heteroatoms. The molecule has 2 aromatic carbocycles. The highest BCUT2D eigenvalue weighted by Crippen LogP contribution is 2.17. The van der Waals surface area contributed by atoms with E-state index in [1.54, 1.807) is 0 Å². The molecule has 0 heterocycles. The Bertz CT molecular complexity index is 464. The second kappa shape index (κ2) is 6.20. The second-order valence-corrected chi connectivity index (χ2v) is 4.43. The Morgan fingerprint density at radius 3 is 2.22 bits per heavy atom. The fourth-order valence-corrected chi connectivity index (χ4v) is 1.96. The van der Waals surface area contributed by atoms with Crippen LogP contribution in [0.25, 0.3) is 0 Å². The van der Waals surface area contributed by atoms with Gasteiger partial charge in [-0.2, -0.15) is 0 Å². The summed E-state index contributed by atoms with van der Waals surface area (Å²) >= 11 is 0. The lowest BCUT2D eigenvalue weighted by Crippen LogP contribution is -2.24. The Hall–Kier alpha value is -1.83. The number of alkyl halides is 1. The Morgan fingerprint density at radius 1 is 0.944 bits per heavy atom. The number of halogens is 1. The first kappa shape index (κ1) is 12.6. The van der Waals surface area contributed by atoms with Gasteiger partial charge in [0.25, 0.3) is 0 Å². The molecule has 0 N–H and O–H groups in total. The molecule has 0 saturated heterocycles. The van der Waals surface area contributed by atoms with Crippen molar-refractivity contribution in [1.29, 1.82) is 0 Å². The van der Waals surface area contributed by atoms with Gasteiger partial charge in [0, 0.05) is 18.8 Å². The quantitative estimate of drug-likeness (QED) is 0.768. The van der Waals surface area contributed by atoms with E-state index in [4.69, 9.17) is 0 Å². The molecule has 0 aliphatic rings. The van der Waals surface area contributed by atoms with E-state index in [2.05, 4.69) is 36.1 Å². The Labute approximate surface area is 108 Å². The number of hydrogen-bond acceptors (Lipinski definition) is 1. The van der Waals surface area contributed by atoms with E-state index < -0.39 is 0 Å². The SMILES string of the molecule is Cc1ccc(N(CCF)Cc2ccccc2)cc1. The van der Waals surface area contributed by atoms with Gasteiger partial charge in [-0.25, -0.2) is 4.39 Å². The van der Waals surface area contributed by atoms with Gasteiger partial charge in [0.2, 0.25) is 0 Å². The lowest BCUT2D eigenvalue weighted by molar-refractivity contribution is 0.489. The molecule has 0 radical (unpaired) electrons. The van der Waals surface area contributed by atoms with E-state index in [0.717, 1.165) is 12.2 Å². The summed E-state index contributed by atoms with van der Waals surface area (Å²) in [6.07, 6.45) is 0. The van der Waals surface area contributed by atoms with Crippen LogP contribution in [0.4, 0.5) is 10.1 Å². The van der Waals surface area contributed by atoms with Crippen LogP contribution in [0, 0.1) is 6.92 Å². The van der Waals surface area contributed by atoms with Gasteiger partial charge >= 0.3 is 0 Å². The summed E-state index contributed by atoms with van der Waals surface area (Å²) in [7, 11) is 0. The molecule has 0 unspecified atom stereocenters. The molecule has 0 amide bonds. The molecule has 0 atom stereocenters. The van der Waals surface area contributed by atoms with Crippen LogP contribution in [0.2, 0.25) is 0 Å². The summed E-state index contributed by atoms with van der Waals surface area (Å²) in [5.74, 6) is 0. The topological polar surface area (TPSA) is 3.24 Å². The van der Waals surface area contributed by atoms with Crippen LogP contribution in [0.1, 0.15) is 11.1 Å². The average Bonchev–Trinajstić information content (AvgIpc) is 2.40. The Kier molecular flexibility index (Phi) is 4.35. The van der Waals surface area contributed by atoms with Gasteiger partial charge in [0.15, 0.2) is 0 Å². The molecule has 0 fully saturated rings. The van der Waals surface area contributed by atoms with Gasteiger partial charge in [-0.05, 0) is 24.6 Å². The van der Waals surface area contributed by atoms with Crippen LogP contribution in [0.5, 0.6) is 0 Å². The number of hydrogen-bond donors (Lipinski definition) is 0. The maximum Gasteiger partial charge on any atom is 0.107 e. The molecule has 0 aliphatic heterocycles. The van der Waals surface area contributed by atoms with E-state index in [0.29, 0.717) is 6.54 Å². The van der Waals surface area contributed by atoms with Crippen molar-refractivity contribution in [3.8, 4) is 0 Å². The van der Waals surface area contributed by atoms with Gasteiger partial charge in [-0.3, -0.25) is 0 Å². The zero-order chi connectivity index (χ0) is 12.8. The number of aryl methyl sites for hydroxylation is 1. The molecule has 2 rings (SSSR count). The van der Waals surface area contributed by atoms with E-state index in [1.807, 2.05) is 30.3 Å². The minimum Gasteiger partial charge on any atom is -0.365 e. The molecule has 0 spiro atoms. The number of nitrogens with zero attached hydrogens (tertiary/aromatic N) is 1. The first-order valence-electron chi connectivity index (χ1n) is 6.21. The average molecular weight is 243 g/mol. The van der Waals surface area contributed by atoms with Crippen molar-refractivity contribution in [2.75, 3.05) is 18.1 Å². The smallest absolute Gasteiger partial charge is 0.107 e. The monoisotopic (exact) mass is 243 g/mol. The van der Waals surface area contributed by atoms with Crippen molar-refractivity contribution in [2.24, 2.45) is 0 Å². The molecule has 0 aromatic heterocycles.